The second kappa shape index (κ2) is 5.67. The van der Waals surface area contributed by atoms with Crippen molar-refractivity contribution >= 4 is 33.2 Å². The van der Waals surface area contributed by atoms with Crippen LogP contribution in [0.5, 0.6) is 0 Å². The summed E-state index contributed by atoms with van der Waals surface area (Å²) in [4.78, 5) is 4.14. The first-order chi connectivity index (χ1) is 8.56. The van der Waals surface area contributed by atoms with Crippen molar-refractivity contribution in [1.29, 1.82) is 0 Å². The summed E-state index contributed by atoms with van der Waals surface area (Å²) < 4.78 is 13.8. The summed E-state index contributed by atoms with van der Waals surface area (Å²) in [5, 5.41) is 3.67. The topological polar surface area (TPSA) is 24.9 Å². The monoisotopic (exact) mass is 328 g/mol. The van der Waals surface area contributed by atoms with Gasteiger partial charge in [-0.3, -0.25) is 0 Å². The zero-order chi connectivity index (χ0) is 13.1. The zero-order valence-corrected chi connectivity index (χ0v) is 12.0. The minimum absolute atomic E-state index is 0.264. The van der Waals surface area contributed by atoms with Crippen LogP contribution in [0.4, 0.5) is 10.1 Å². The summed E-state index contributed by atoms with van der Waals surface area (Å²) in [6.45, 7) is 2.41. The number of nitrogens with zero attached hydrogens (tertiary/aromatic N) is 1. The van der Waals surface area contributed by atoms with Gasteiger partial charge in [0.1, 0.15) is 11.0 Å². The molecule has 2 rings (SSSR count). The maximum atomic E-state index is 13.3. The number of hydrogen-bond acceptors (Lipinski definition) is 2. The van der Waals surface area contributed by atoms with E-state index in [9.17, 15) is 4.39 Å². The van der Waals surface area contributed by atoms with Gasteiger partial charge >= 0.3 is 0 Å². The summed E-state index contributed by atoms with van der Waals surface area (Å²) >= 11 is 8.90. The summed E-state index contributed by atoms with van der Waals surface area (Å²) in [6, 6.07) is 8.63. The van der Waals surface area contributed by atoms with E-state index in [4.69, 9.17) is 11.6 Å². The lowest BCUT2D eigenvalue weighted by atomic mass is 10.2. The van der Waals surface area contributed by atoms with Crippen LogP contribution in [-0.2, 0) is 6.54 Å². The van der Waals surface area contributed by atoms with E-state index in [-0.39, 0.29) is 5.82 Å². The molecule has 0 radical (unpaired) electrons. The van der Waals surface area contributed by atoms with Crippen LogP contribution in [0, 0.1) is 12.7 Å². The standard InChI is InChI=1S/C13H11BrClFN2/c1-8-12(4-5-13(15)18-8)17-7-9-2-3-10(14)11(16)6-9/h2-6,17H,7H2,1H3. The van der Waals surface area contributed by atoms with Crippen LogP contribution < -0.4 is 5.32 Å². The maximum Gasteiger partial charge on any atom is 0.137 e. The average molecular weight is 330 g/mol. The minimum Gasteiger partial charge on any atom is -0.379 e. The largest absolute Gasteiger partial charge is 0.379 e. The van der Waals surface area contributed by atoms with Crippen molar-refractivity contribution in [2.45, 2.75) is 13.5 Å². The zero-order valence-electron chi connectivity index (χ0n) is 9.67. The van der Waals surface area contributed by atoms with E-state index in [1.165, 1.54) is 6.07 Å². The molecule has 0 unspecified atom stereocenters. The number of anilines is 1. The van der Waals surface area contributed by atoms with Crippen LogP contribution in [-0.4, -0.2) is 4.98 Å². The van der Waals surface area contributed by atoms with E-state index < -0.39 is 0 Å². The molecule has 0 aliphatic carbocycles. The molecule has 0 spiro atoms. The Balaban J connectivity index is 2.09. The van der Waals surface area contributed by atoms with Gasteiger partial charge in [0, 0.05) is 6.54 Å². The summed E-state index contributed by atoms with van der Waals surface area (Å²) in [7, 11) is 0. The van der Waals surface area contributed by atoms with Crippen LogP contribution in [0.2, 0.25) is 5.15 Å². The molecule has 1 N–H and O–H groups in total. The molecule has 18 heavy (non-hydrogen) atoms. The summed E-state index contributed by atoms with van der Waals surface area (Å²) in [5.41, 5.74) is 2.58. The Kier molecular flexibility index (Phi) is 4.19. The first-order valence-electron chi connectivity index (χ1n) is 5.37. The number of pyridine rings is 1. The molecule has 0 amide bonds. The normalized spacial score (nSPS) is 10.4. The van der Waals surface area contributed by atoms with Gasteiger partial charge in [0.25, 0.3) is 0 Å². The fraction of sp³-hybridized carbons (Fsp3) is 0.154. The molecule has 0 saturated heterocycles. The SMILES string of the molecule is Cc1nc(Cl)ccc1NCc1ccc(Br)c(F)c1. The molecule has 0 atom stereocenters. The van der Waals surface area contributed by atoms with E-state index in [0.29, 0.717) is 16.2 Å². The van der Waals surface area contributed by atoms with Gasteiger partial charge in [-0.05, 0) is 52.7 Å². The van der Waals surface area contributed by atoms with Crippen molar-refractivity contribution < 1.29 is 4.39 Å². The second-order valence-corrected chi connectivity index (χ2v) is 5.11. The molecule has 1 aromatic heterocycles. The molecule has 0 aliphatic heterocycles. The third-order valence-corrected chi connectivity index (χ3v) is 3.37. The highest BCUT2D eigenvalue weighted by atomic mass is 79.9. The Hall–Kier alpha value is -1.13. The lowest BCUT2D eigenvalue weighted by molar-refractivity contribution is 0.619. The highest BCUT2D eigenvalue weighted by Gasteiger charge is 2.03. The number of halogens is 3. The Bertz CT molecular complexity index is 575. The van der Waals surface area contributed by atoms with Crippen LogP contribution in [0.15, 0.2) is 34.8 Å². The molecule has 0 saturated carbocycles. The van der Waals surface area contributed by atoms with E-state index in [2.05, 4.69) is 26.2 Å². The predicted octanol–water partition coefficient (Wildman–Crippen LogP) is 4.56. The quantitative estimate of drug-likeness (QED) is 0.835. The number of aromatic nitrogens is 1. The highest BCUT2D eigenvalue weighted by Crippen LogP contribution is 2.19. The third-order valence-electron chi connectivity index (χ3n) is 2.52. The smallest absolute Gasteiger partial charge is 0.137 e. The fourth-order valence-electron chi connectivity index (χ4n) is 1.56. The molecule has 2 nitrogen and oxygen atoms in total. The van der Waals surface area contributed by atoms with E-state index in [0.717, 1.165) is 16.9 Å². The van der Waals surface area contributed by atoms with Gasteiger partial charge in [0.05, 0.1) is 15.9 Å². The first kappa shape index (κ1) is 13.3. The Morgan fingerprint density at radius 3 is 2.78 bits per heavy atom. The molecule has 1 heterocycles. The average Bonchev–Trinajstić information content (AvgIpc) is 2.32. The van der Waals surface area contributed by atoms with E-state index in [1.807, 2.05) is 19.1 Å². The van der Waals surface area contributed by atoms with Gasteiger partial charge in [-0.2, -0.15) is 0 Å². The number of rotatable bonds is 3. The molecule has 0 aliphatic rings. The summed E-state index contributed by atoms with van der Waals surface area (Å²) in [5.74, 6) is -0.264. The van der Waals surface area contributed by atoms with Crippen molar-refractivity contribution in [2.24, 2.45) is 0 Å². The van der Waals surface area contributed by atoms with Crippen LogP contribution in [0.25, 0.3) is 0 Å². The van der Waals surface area contributed by atoms with Gasteiger partial charge < -0.3 is 5.32 Å². The number of nitrogens with one attached hydrogen (secondary N) is 1. The Morgan fingerprint density at radius 2 is 2.11 bits per heavy atom. The molecule has 0 fully saturated rings. The van der Waals surface area contributed by atoms with Gasteiger partial charge in [-0.15, -0.1) is 0 Å². The van der Waals surface area contributed by atoms with Crippen LogP contribution in [0.1, 0.15) is 11.3 Å². The Labute approximate surface area is 118 Å². The van der Waals surface area contributed by atoms with Crippen LogP contribution >= 0.6 is 27.5 Å². The van der Waals surface area contributed by atoms with Gasteiger partial charge in [-0.1, -0.05) is 17.7 Å². The maximum absolute atomic E-state index is 13.3. The van der Waals surface area contributed by atoms with Crippen molar-refractivity contribution in [3.63, 3.8) is 0 Å². The number of benzene rings is 1. The van der Waals surface area contributed by atoms with E-state index >= 15 is 0 Å². The molecule has 1 aromatic carbocycles. The van der Waals surface area contributed by atoms with Crippen molar-refractivity contribution in [3.8, 4) is 0 Å². The second-order valence-electron chi connectivity index (χ2n) is 3.87. The lowest BCUT2D eigenvalue weighted by Gasteiger charge is -2.09. The third kappa shape index (κ3) is 3.21. The highest BCUT2D eigenvalue weighted by molar-refractivity contribution is 9.10. The predicted molar refractivity (Wildman–Crippen MR) is 75.4 cm³/mol. The van der Waals surface area contributed by atoms with Crippen molar-refractivity contribution in [3.05, 3.63) is 57.0 Å². The van der Waals surface area contributed by atoms with Crippen LogP contribution in [0.3, 0.4) is 0 Å². The number of hydrogen-bond donors (Lipinski definition) is 1. The first-order valence-corrected chi connectivity index (χ1v) is 6.54. The molecular formula is C13H11BrClFN2. The van der Waals surface area contributed by atoms with E-state index in [1.54, 1.807) is 12.1 Å². The van der Waals surface area contributed by atoms with Gasteiger partial charge in [0.2, 0.25) is 0 Å². The molecule has 5 heteroatoms. The Morgan fingerprint density at radius 1 is 1.33 bits per heavy atom. The molecule has 0 bridgehead atoms. The lowest BCUT2D eigenvalue weighted by Crippen LogP contribution is -2.02. The molecular weight excluding hydrogens is 319 g/mol. The minimum atomic E-state index is -0.264. The molecule has 94 valence electrons. The fourth-order valence-corrected chi connectivity index (χ4v) is 2.00. The van der Waals surface area contributed by atoms with Gasteiger partial charge in [-0.25, -0.2) is 9.37 Å². The number of aryl methyl sites for hydroxylation is 1. The molecule has 2 aromatic rings. The van der Waals surface area contributed by atoms with Crippen molar-refractivity contribution in [2.75, 3.05) is 5.32 Å². The van der Waals surface area contributed by atoms with Crippen molar-refractivity contribution in [1.82, 2.24) is 4.98 Å². The summed E-state index contributed by atoms with van der Waals surface area (Å²) in [6.07, 6.45) is 0. The van der Waals surface area contributed by atoms with Gasteiger partial charge in [0.15, 0.2) is 0 Å².